The van der Waals surface area contributed by atoms with Gasteiger partial charge in [0, 0.05) is 35.9 Å². The quantitative estimate of drug-likeness (QED) is 0.197. The highest BCUT2D eigenvalue weighted by atomic mass is 15.1. The van der Waals surface area contributed by atoms with Crippen LogP contribution >= 0.6 is 0 Å². The third-order valence-electron chi connectivity index (χ3n) is 9.11. The molecule has 1 aromatic heterocycles. The molecule has 0 atom stereocenters. The maximum absolute atomic E-state index is 4.63. The standard InChI is InChI=1S/C41H32N2/c1-27-14-15-33(26-42-27)41-38-12-5-3-10-36(38)40(37-11-4-6-13-39(37)41)29-20-22-34(23-21-29)43(2)35-9-7-8-30(25-35)32-19-17-28-16-18-31(28)24-32/h3-15,17,19-26H,16,18H2,1-2H3. The van der Waals surface area contributed by atoms with Crippen molar-refractivity contribution in [1.29, 1.82) is 0 Å². The molecule has 0 saturated carbocycles. The van der Waals surface area contributed by atoms with Crippen molar-refractivity contribution in [3.05, 3.63) is 150 Å². The van der Waals surface area contributed by atoms with Crippen LogP contribution in [0.2, 0.25) is 0 Å². The molecule has 0 amide bonds. The van der Waals surface area contributed by atoms with E-state index in [0.717, 1.165) is 16.9 Å². The fraction of sp³-hybridized carbons (Fsp3) is 0.0976. The zero-order valence-electron chi connectivity index (χ0n) is 24.5. The van der Waals surface area contributed by atoms with E-state index in [4.69, 9.17) is 0 Å². The molecule has 0 aliphatic heterocycles. The van der Waals surface area contributed by atoms with E-state index in [0.29, 0.717) is 0 Å². The monoisotopic (exact) mass is 552 g/mol. The largest absolute Gasteiger partial charge is 0.345 e. The summed E-state index contributed by atoms with van der Waals surface area (Å²) < 4.78 is 0. The molecule has 43 heavy (non-hydrogen) atoms. The van der Waals surface area contributed by atoms with Gasteiger partial charge in [-0.15, -0.1) is 0 Å². The van der Waals surface area contributed by atoms with E-state index in [-0.39, 0.29) is 0 Å². The lowest BCUT2D eigenvalue weighted by atomic mass is 9.86. The first-order valence-corrected chi connectivity index (χ1v) is 15.1. The highest BCUT2D eigenvalue weighted by molar-refractivity contribution is 6.21. The Kier molecular flexibility index (Phi) is 6.08. The molecular formula is C41H32N2. The molecule has 0 saturated heterocycles. The summed E-state index contributed by atoms with van der Waals surface area (Å²) in [7, 11) is 2.15. The minimum atomic E-state index is 1.03. The van der Waals surface area contributed by atoms with Crippen LogP contribution in [0.3, 0.4) is 0 Å². The average Bonchev–Trinajstić information content (AvgIpc) is 3.04. The van der Waals surface area contributed by atoms with Crippen LogP contribution in [-0.2, 0) is 12.8 Å². The fourth-order valence-electron chi connectivity index (χ4n) is 6.64. The van der Waals surface area contributed by atoms with Gasteiger partial charge < -0.3 is 4.90 Å². The van der Waals surface area contributed by atoms with Crippen molar-refractivity contribution >= 4 is 32.9 Å². The lowest BCUT2D eigenvalue weighted by Crippen LogP contribution is -2.09. The van der Waals surface area contributed by atoms with Gasteiger partial charge in [0.2, 0.25) is 0 Å². The zero-order chi connectivity index (χ0) is 28.9. The van der Waals surface area contributed by atoms with Gasteiger partial charge in [0.1, 0.15) is 0 Å². The number of pyridine rings is 1. The maximum atomic E-state index is 4.63. The third kappa shape index (κ3) is 4.38. The number of nitrogens with zero attached hydrogens (tertiary/aromatic N) is 2. The Bertz CT molecular complexity index is 2080. The first-order valence-electron chi connectivity index (χ1n) is 15.1. The highest BCUT2D eigenvalue weighted by Crippen LogP contribution is 2.44. The van der Waals surface area contributed by atoms with Gasteiger partial charge >= 0.3 is 0 Å². The molecule has 8 rings (SSSR count). The Balaban J connectivity index is 1.20. The molecule has 7 aromatic rings. The Morgan fingerprint density at radius 1 is 0.488 bits per heavy atom. The molecule has 0 spiro atoms. The molecule has 1 aliphatic rings. The number of aryl methyl sites for hydroxylation is 3. The number of hydrogen-bond donors (Lipinski definition) is 0. The third-order valence-corrected chi connectivity index (χ3v) is 9.11. The Morgan fingerprint density at radius 2 is 1.07 bits per heavy atom. The van der Waals surface area contributed by atoms with Crippen molar-refractivity contribution in [3.63, 3.8) is 0 Å². The van der Waals surface area contributed by atoms with Gasteiger partial charge in [-0.25, -0.2) is 0 Å². The summed E-state index contributed by atoms with van der Waals surface area (Å²) in [6.45, 7) is 2.04. The molecule has 2 nitrogen and oxygen atoms in total. The summed E-state index contributed by atoms with van der Waals surface area (Å²) in [6.07, 6.45) is 4.42. The lowest BCUT2D eigenvalue weighted by molar-refractivity contribution is 0.840. The van der Waals surface area contributed by atoms with Crippen molar-refractivity contribution in [2.24, 2.45) is 0 Å². The molecule has 206 valence electrons. The Labute approximate surface area is 252 Å². The number of fused-ring (bicyclic) bond motifs is 3. The first-order chi connectivity index (χ1) is 21.1. The van der Waals surface area contributed by atoms with E-state index < -0.39 is 0 Å². The second-order valence-electron chi connectivity index (χ2n) is 11.7. The van der Waals surface area contributed by atoms with Crippen LogP contribution in [0.4, 0.5) is 11.4 Å². The van der Waals surface area contributed by atoms with E-state index in [1.165, 1.54) is 79.0 Å². The smallest absolute Gasteiger partial charge is 0.0414 e. The van der Waals surface area contributed by atoms with Crippen LogP contribution in [0.1, 0.15) is 16.8 Å². The Morgan fingerprint density at radius 3 is 1.65 bits per heavy atom. The van der Waals surface area contributed by atoms with E-state index in [9.17, 15) is 0 Å². The summed E-state index contributed by atoms with van der Waals surface area (Å²) in [4.78, 5) is 6.90. The van der Waals surface area contributed by atoms with Crippen molar-refractivity contribution in [1.82, 2.24) is 4.98 Å². The molecule has 1 aliphatic carbocycles. The predicted octanol–water partition coefficient (Wildman–Crippen LogP) is 10.6. The molecular weight excluding hydrogens is 520 g/mol. The predicted molar refractivity (Wildman–Crippen MR) is 182 cm³/mol. The average molecular weight is 553 g/mol. The molecule has 1 heterocycles. The molecule has 0 fully saturated rings. The van der Waals surface area contributed by atoms with Gasteiger partial charge in [0.15, 0.2) is 0 Å². The van der Waals surface area contributed by atoms with Crippen LogP contribution in [-0.4, -0.2) is 12.0 Å². The molecule has 0 radical (unpaired) electrons. The van der Waals surface area contributed by atoms with Crippen molar-refractivity contribution in [3.8, 4) is 33.4 Å². The first kappa shape index (κ1) is 25.5. The van der Waals surface area contributed by atoms with Gasteiger partial charge in [0.25, 0.3) is 0 Å². The molecule has 0 unspecified atom stereocenters. The van der Waals surface area contributed by atoms with Crippen LogP contribution in [0.5, 0.6) is 0 Å². The van der Waals surface area contributed by atoms with E-state index in [2.05, 4.69) is 144 Å². The summed E-state index contributed by atoms with van der Waals surface area (Å²) in [6, 6.07) is 46.7. The van der Waals surface area contributed by atoms with Crippen LogP contribution in [0.15, 0.2) is 134 Å². The van der Waals surface area contributed by atoms with Crippen LogP contribution in [0, 0.1) is 6.92 Å². The second kappa shape index (κ2) is 10.3. The summed E-state index contributed by atoms with van der Waals surface area (Å²) in [5.74, 6) is 0. The van der Waals surface area contributed by atoms with Crippen molar-refractivity contribution < 1.29 is 0 Å². The van der Waals surface area contributed by atoms with Gasteiger partial charge in [-0.05, 0) is 111 Å². The maximum Gasteiger partial charge on any atom is 0.0414 e. The van der Waals surface area contributed by atoms with E-state index in [1.54, 1.807) is 0 Å². The van der Waals surface area contributed by atoms with Gasteiger partial charge in [-0.1, -0.05) is 97.1 Å². The van der Waals surface area contributed by atoms with E-state index >= 15 is 0 Å². The summed E-state index contributed by atoms with van der Waals surface area (Å²) >= 11 is 0. The highest BCUT2D eigenvalue weighted by Gasteiger charge is 2.17. The molecule has 6 aromatic carbocycles. The van der Waals surface area contributed by atoms with Crippen molar-refractivity contribution in [2.75, 3.05) is 11.9 Å². The zero-order valence-corrected chi connectivity index (χ0v) is 24.5. The SMILES string of the molecule is Cc1ccc(-c2c3ccccc3c(-c3ccc(N(C)c4cccc(-c5ccc6c(c5)CC6)c4)cc3)c3ccccc23)cn1. The van der Waals surface area contributed by atoms with Crippen LogP contribution in [0.25, 0.3) is 54.9 Å². The van der Waals surface area contributed by atoms with Crippen molar-refractivity contribution in [2.45, 2.75) is 19.8 Å². The minimum Gasteiger partial charge on any atom is -0.345 e. The minimum absolute atomic E-state index is 1.03. The van der Waals surface area contributed by atoms with Gasteiger partial charge in [0.05, 0.1) is 0 Å². The normalized spacial score (nSPS) is 12.2. The van der Waals surface area contributed by atoms with Gasteiger partial charge in [-0.3, -0.25) is 4.98 Å². The van der Waals surface area contributed by atoms with Gasteiger partial charge in [-0.2, -0.15) is 0 Å². The fourth-order valence-corrected chi connectivity index (χ4v) is 6.64. The topological polar surface area (TPSA) is 16.1 Å². The Hall–Kier alpha value is -5.21. The number of hydrogen-bond acceptors (Lipinski definition) is 2. The number of anilines is 2. The van der Waals surface area contributed by atoms with Crippen LogP contribution < -0.4 is 4.90 Å². The second-order valence-corrected chi connectivity index (χ2v) is 11.7. The molecule has 2 heteroatoms. The molecule has 0 N–H and O–H groups in total. The number of rotatable bonds is 5. The summed E-state index contributed by atoms with van der Waals surface area (Å²) in [5, 5.41) is 5.00. The summed E-state index contributed by atoms with van der Waals surface area (Å²) in [5.41, 5.74) is 13.8. The number of benzene rings is 6. The number of aromatic nitrogens is 1. The lowest BCUT2D eigenvalue weighted by Gasteiger charge is -2.22. The molecule has 0 bridgehead atoms. The van der Waals surface area contributed by atoms with E-state index in [1.807, 2.05) is 13.1 Å².